The molecule has 0 saturated heterocycles. The van der Waals surface area contributed by atoms with Gasteiger partial charge in [0.25, 0.3) is 0 Å². The van der Waals surface area contributed by atoms with Crippen LogP contribution >= 0.6 is 0 Å². The highest BCUT2D eigenvalue weighted by Gasteiger charge is 2.12. The summed E-state index contributed by atoms with van der Waals surface area (Å²) in [6, 6.07) is 14.0. The molecule has 0 aromatic heterocycles. The number of benzene rings is 2. The number of carboxylic acids is 1. The Morgan fingerprint density at radius 2 is 1.70 bits per heavy atom. The predicted octanol–water partition coefficient (Wildman–Crippen LogP) is 2.87. The molecule has 2 aromatic rings. The number of rotatable bonds is 4. The van der Waals surface area contributed by atoms with Gasteiger partial charge in [0.05, 0.1) is 12.0 Å². The molecule has 0 heterocycles. The molecule has 0 spiro atoms. The summed E-state index contributed by atoms with van der Waals surface area (Å²) in [6.07, 6.45) is 0.0385. The molecule has 102 valence electrons. The van der Waals surface area contributed by atoms with Crippen LogP contribution in [0.15, 0.2) is 48.5 Å². The number of carbonyl (C=O) groups excluding carboxylic acids is 1. The Morgan fingerprint density at radius 3 is 2.40 bits per heavy atom. The van der Waals surface area contributed by atoms with Crippen molar-refractivity contribution in [2.45, 2.75) is 13.3 Å². The predicted molar refractivity (Wildman–Crippen MR) is 76.9 cm³/mol. The highest BCUT2D eigenvalue weighted by Crippen LogP contribution is 2.15. The third-order valence-corrected chi connectivity index (χ3v) is 3.02. The zero-order valence-corrected chi connectivity index (χ0v) is 11.1. The van der Waals surface area contributed by atoms with E-state index in [1.807, 2.05) is 31.2 Å². The lowest BCUT2D eigenvalue weighted by atomic mass is 10.0. The number of amides is 1. The smallest absolute Gasteiger partial charge is 0.335 e. The molecule has 0 saturated carbocycles. The summed E-state index contributed by atoms with van der Waals surface area (Å²) >= 11 is 0. The maximum absolute atomic E-state index is 12.0. The van der Waals surface area contributed by atoms with Crippen LogP contribution in [0.2, 0.25) is 0 Å². The van der Waals surface area contributed by atoms with Crippen molar-refractivity contribution in [3.63, 3.8) is 0 Å². The number of carboxylic acid groups (broad SMARTS) is 1. The lowest BCUT2D eigenvalue weighted by Gasteiger charge is -2.09. The van der Waals surface area contributed by atoms with Gasteiger partial charge in [0.15, 0.2) is 0 Å². The molecule has 4 heteroatoms. The molecular formula is C16H15NO3. The van der Waals surface area contributed by atoms with Crippen molar-refractivity contribution >= 4 is 17.6 Å². The van der Waals surface area contributed by atoms with E-state index in [9.17, 15) is 9.59 Å². The number of hydrogen-bond acceptors (Lipinski definition) is 2. The maximum Gasteiger partial charge on any atom is 0.335 e. The van der Waals surface area contributed by atoms with Crippen molar-refractivity contribution in [3.8, 4) is 0 Å². The zero-order valence-electron chi connectivity index (χ0n) is 11.1. The minimum absolute atomic E-state index is 0.0385. The van der Waals surface area contributed by atoms with Crippen molar-refractivity contribution < 1.29 is 14.7 Å². The van der Waals surface area contributed by atoms with Crippen molar-refractivity contribution in [1.82, 2.24) is 0 Å². The number of aryl methyl sites for hydroxylation is 1. The summed E-state index contributed by atoms with van der Waals surface area (Å²) in [5, 5.41) is 11.9. The van der Waals surface area contributed by atoms with E-state index in [1.54, 1.807) is 18.2 Å². The summed E-state index contributed by atoms with van der Waals surface area (Å²) in [5.41, 5.74) is 2.37. The number of aromatic carboxylic acids is 1. The van der Waals surface area contributed by atoms with Crippen LogP contribution in [0.25, 0.3) is 0 Å². The Bertz CT molecular complexity index is 650. The summed E-state index contributed by atoms with van der Waals surface area (Å²) in [5.74, 6) is -1.25. The van der Waals surface area contributed by atoms with Crippen LogP contribution in [0.3, 0.4) is 0 Å². The van der Waals surface area contributed by atoms with Crippen LogP contribution in [-0.4, -0.2) is 17.0 Å². The molecule has 4 nitrogen and oxygen atoms in total. The largest absolute Gasteiger partial charge is 0.478 e. The monoisotopic (exact) mass is 269 g/mol. The number of nitrogens with one attached hydrogen (secondary N) is 1. The van der Waals surface area contributed by atoms with Gasteiger partial charge < -0.3 is 10.4 Å². The van der Waals surface area contributed by atoms with Gasteiger partial charge in [-0.2, -0.15) is 0 Å². The molecule has 0 fully saturated rings. The molecule has 2 aromatic carbocycles. The van der Waals surface area contributed by atoms with Crippen LogP contribution in [-0.2, 0) is 11.2 Å². The maximum atomic E-state index is 12.0. The van der Waals surface area contributed by atoms with Gasteiger partial charge in [0, 0.05) is 5.69 Å². The second-order valence-corrected chi connectivity index (χ2v) is 4.50. The summed E-state index contributed by atoms with van der Waals surface area (Å²) in [4.78, 5) is 23.1. The van der Waals surface area contributed by atoms with Crippen LogP contribution in [0.4, 0.5) is 5.69 Å². The fraction of sp³-hybridized carbons (Fsp3) is 0.125. The zero-order chi connectivity index (χ0) is 14.5. The molecule has 0 unspecified atom stereocenters. The normalized spacial score (nSPS) is 10.1. The second kappa shape index (κ2) is 6.02. The van der Waals surface area contributed by atoms with E-state index >= 15 is 0 Å². The van der Waals surface area contributed by atoms with Gasteiger partial charge in [-0.3, -0.25) is 4.79 Å². The standard InChI is InChI=1S/C16H15NO3/c1-11-6-2-5-9-14(11)17-15(18)10-12-7-3-4-8-13(12)16(19)20/h2-9H,10H2,1H3,(H,17,18)(H,19,20). The Labute approximate surface area is 117 Å². The van der Waals surface area contributed by atoms with Crippen molar-refractivity contribution in [2.24, 2.45) is 0 Å². The number of hydrogen-bond donors (Lipinski definition) is 2. The Balaban J connectivity index is 2.13. The van der Waals surface area contributed by atoms with E-state index in [2.05, 4.69) is 5.32 Å². The molecule has 0 aliphatic heterocycles. The topological polar surface area (TPSA) is 66.4 Å². The number of para-hydroxylation sites is 1. The summed E-state index contributed by atoms with van der Waals surface area (Å²) in [6.45, 7) is 1.90. The van der Waals surface area contributed by atoms with E-state index in [1.165, 1.54) is 6.07 Å². The molecular weight excluding hydrogens is 254 g/mol. The van der Waals surface area contributed by atoms with Crippen LogP contribution < -0.4 is 5.32 Å². The van der Waals surface area contributed by atoms with E-state index in [-0.39, 0.29) is 17.9 Å². The first-order valence-corrected chi connectivity index (χ1v) is 6.24. The highest BCUT2D eigenvalue weighted by molar-refractivity contribution is 5.96. The average Bonchev–Trinajstić information content (AvgIpc) is 2.41. The molecule has 0 aliphatic carbocycles. The first kappa shape index (κ1) is 13.8. The van der Waals surface area contributed by atoms with Crippen LogP contribution in [0.5, 0.6) is 0 Å². The first-order valence-electron chi connectivity index (χ1n) is 6.24. The quantitative estimate of drug-likeness (QED) is 0.896. The van der Waals surface area contributed by atoms with E-state index in [4.69, 9.17) is 5.11 Å². The van der Waals surface area contributed by atoms with E-state index in [0.29, 0.717) is 5.56 Å². The van der Waals surface area contributed by atoms with Crippen molar-refractivity contribution in [3.05, 3.63) is 65.2 Å². The second-order valence-electron chi connectivity index (χ2n) is 4.50. The highest BCUT2D eigenvalue weighted by atomic mass is 16.4. The van der Waals surface area contributed by atoms with Gasteiger partial charge in [-0.1, -0.05) is 36.4 Å². The van der Waals surface area contributed by atoms with Crippen molar-refractivity contribution in [2.75, 3.05) is 5.32 Å². The lowest BCUT2D eigenvalue weighted by molar-refractivity contribution is -0.115. The van der Waals surface area contributed by atoms with Gasteiger partial charge in [-0.25, -0.2) is 4.79 Å². The minimum Gasteiger partial charge on any atom is -0.478 e. The van der Waals surface area contributed by atoms with E-state index in [0.717, 1.165) is 11.3 Å². The first-order chi connectivity index (χ1) is 9.58. The lowest BCUT2D eigenvalue weighted by Crippen LogP contribution is -2.17. The third-order valence-electron chi connectivity index (χ3n) is 3.02. The molecule has 0 bridgehead atoms. The fourth-order valence-electron chi connectivity index (χ4n) is 1.96. The molecule has 2 rings (SSSR count). The Kier molecular flexibility index (Phi) is 4.15. The summed E-state index contributed by atoms with van der Waals surface area (Å²) < 4.78 is 0. The molecule has 2 N–H and O–H groups in total. The minimum atomic E-state index is -1.02. The fourth-order valence-corrected chi connectivity index (χ4v) is 1.96. The Hall–Kier alpha value is -2.62. The third kappa shape index (κ3) is 3.23. The molecule has 1 amide bonds. The number of carbonyl (C=O) groups is 2. The Morgan fingerprint density at radius 1 is 1.05 bits per heavy atom. The van der Waals surface area contributed by atoms with E-state index < -0.39 is 5.97 Å². The van der Waals surface area contributed by atoms with Gasteiger partial charge in [0.2, 0.25) is 5.91 Å². The summed E-state index contributed by atoms with van der Waals surface area (Å²) in [7, 11) is 0. The average molecular weight is 269 g/mol. The van der Waals surface area contributed by atoms with Gasteiger partial charge >= 0.3 is 5.97 Å². The molecule has 20 heavy (non-hydrogen) atoms. The van der Waals surface area contributed by atoms with Gasteiger partial charge in [0.1, 0.15) is 0 Å². The van der Waals surface area contributed by atoms with Crippen LogP contribution in [0.1, 0.15) is 21.5 Å². The SMILES string of the molecule is Cc1ccccc1NC(=O)Cc1ccccc1C(=O)O. The number of anilines is 1. The van der Waals surface area contributed by atoms with Gasteiger partial charge in [-0.15, -0.1) is 0 Å². The van der Waals surface area contributed by atoms with Crippen molar-refractivity contribution in [1.29, 1.82) is 0 Å². The van der Waals surface area contributed by atoms with Crippen LogP contribution in [0, 0.1) is 6.92 Å². The molecule has 0 radical (unpaired) electrons. The molecule has 0 aliphatic rings. The molecule has 0 atom stereocenters. The van der Waals surface area contributed by atoms with Gasteiger partial charge in [-0.05, 0) is 30.2 Å².